The van der Waals surface area contributed by atoms with E-state index in [1.54, 1.807) is 34.0 Å². The van der Waals surface area contributed by atoms with Crippen LogP contribution in [0.2, 0.25) is 0 Å². The largest absolute Gasteiger partial charge is 0.822 e. The van der Waals surface area contributed by atoms with Gasteiger partial charge in [-0.05, 0) is 164 Å². The molecule has 0 saturated carbocycles. The van der Waals surface area contributed by atoms with Gasteiger partial charge in [-0.25, -0.2) is 0 Å². The lowest BCUT2D eigenvalue weighted by Crippen LogP contribution is -2.49. The maximum atomic E-state index is 8.84. The Hall–Kier alpha value is -2.86. The molecule has 3 saturated heterocycles. The fourth-order valence-electron chi connectivity index (χ4n) is 10.4. The van der Waals surface area contributed by atoms with Crippen molar-refractivity contribution >= 4 is 57.2 Å². The number of piperidine rings is 3. The van der Waals surface area contributed by atoms with E-state index in [1.807, 2.05) is 0 Å². The van der Waals surface area contributed by atoms with Gasteiger partial charge in [0, 0.05) is 71.6 Å². The molecule has 16 nitrogen and oxygen atoms in total. The van der Waals surface area contributed by atoms with Crippen molar-refractivity contribution < 1.29 is 19.2 Å². The normalized spacial score (nSPS) is 26.0. The summed E-state index contributed by atoms with van der Waals surface area (Å²) in [7, 11) is -5.39. The Morgan fingerprint density at radius 1 is 0.559 bits per heavy atom. The summed E-state index contributed by atoms with van der Waals surface area (Å²) in [5.41, 5.74) is 3.56. The van der Waals surface area contributed by atoms with Crippen molar-refractivity contribution in [3.63, 3.8) is 0 Å². The van der Waals surface area contributed by atoms with Gasteiger partial charge >= 0.3 is 15.4 Å². The molecule has 3 aliphatic heterocycles. The second-order valence-corrected chi connectivity index (χ2v) is 20.7. The first-order chi connectivity index (χ1) is 28.4. The van der Waals surface area contributed by atoms with Crippen molar-refractivity contribution in [2.24, 2.45) is 17.8 Å². The van der Waals surface area contributed by atoms with Crippen LogP contribution in [0.15, 0.2) is 0 Å². The van der Waals surface area contributed by atoms with Gasteiger partial charge in [0.25, 0.3) is 0 Å². The van der Waals surface area contributed by atoms with E-state index in [9.17, 15) is 0 Å². The Balaban J connectivity index is 0.000000141. The molecule has 0 aromatic carbocycles. The molecule has 6 aliphatic rings. The van der Waals surface area contributed by atoms with E-state index in [0.717, 1.165) is 56.3 Å². The lowest BCUT2D eigenvalue weighted by molar-refractivity contribution is -0.432. The monoisotopic (exact) mass is 884 g/mol. The van der Waals surface area contributed by atoms with Gasteiger partial charge < -0.3 is 19.2 Å². The van der Waals surface area contributed by atoms with Crippen LogP contribution < -0.4 is 14.7 Å². The number of likely N-dealkylation sites (tertiary alicyclic amines) is 3. The number of diazo groups is 3. The summed E-state index contributed by atoms with van der Waals surface area (Å²) in [5.74, 6) is 2.27. The van der Waals surface area contributed by atoms with Crippen molar-refractivity contribution in [3.05, 3.63) is 46.6 Å². The molecule has 59 heavy (non-hydrogen) atoms. The minimum atomic E-state index is -5.39. The molecular formula is C39H57N12O4PS3. The van der Waals surface area contributed by atoms with Gasteiger partial charge in [-0.3, -0.25) is 14.7 Å². The van der Waals surface area contributed by atoms with Crippen LogP contribution >= 0.6 is 41.8 Å². The minimum Gasteiger partial charge on any atom is -0.822 e. The molecule has 0 N–H and O–H groups in total. The lowest BCUT2D eigenvalue weighted by Gasteiger charge is -2.42. The summed E-state index contributed by atoms with van der Waals surface area (Å²) in [6.07, 6.45) is 18.2. The van der Waals surface area contributed by atoms with Gasteiger partial charge in [0.1, 0.15) is 0 Å². The Kier molecular flexibility index (Phi) is 16.5. The first kappa shape index (κ1) is 45.7. The lowest BCUT2D eigenvalue weighted by atomic mass is 9.79. The number of hydrogen-bond acceptors (Lipinski definition) is 16. The quantitative estimate of drug-likeness (QED) is 0.183. The molecule has 0 bridgehead atoms. The Bertz CT molecular complexity index is 1810. The topological polar surface area (TPSA) is 219 Å². The Morgan fingerprint density at radius 3 is 1.07 bits per heavy atom. The summed E-state index contributed by atoms with van der Waals surface area (Å²) >= 11 is 4.67. The zero-order chi connectivity index (χ0) is 42.1. The number of phosphoric acid groups is 1. The molecule has 3 aromatic rings. The minimum absolute atomic E-state index is 0.528. The maximum Gasteiger partial charge on any atom is 0.523 e. The third kappa shape index (κ3) is 12.0. The van der Waals surface area contributed by atoms with Gasteiger partial charge in [0.2, 0.25) is 0 Å². The SMILES string of the molecule is CCCN1CCC[C@H]2Cc3nc([N+]#N)sc3C[C@@H]21.CCCN1CCC[C@H]2Cc3nc([N+]#N)sc3C[C@@H]21.CCCN1CCC[C@H]2Cc3nc([N+]#N)sc3C[C@@H]21.O=P([O-])([O-])[O-]. The Morgan fingerprint density at radius 2 is 0.831 bits per heavy atom. The molecule has 3 aromatic heterocycles. The molecule has 3 fully saturated rings. The van der Waals surface area contributed by atoms with E-state index in [0.29, 0.717) is 33.5 Å². The molecule has 6 atom stereocenters. The summed E-state index contributed by atoms with van der Waals surface area (Å²) in [5, 5.41) is 28.1. The van der Waals surface area contributed by atoms with Crippen molar-refractivity contribution in [2.75, 3.05) is 39.3 Å². The fourth-order valence-corrected chi connectivity index (χ4v) is 13.2. The number of nitrogens with zero attached hydrogens (tertiary/aromatic N) is 12. The van der Waals surface area contributed by atoms with Gasteiger partial charge in [0.15, 0.2) is 17.1 Å². The molecule has 320 valence electrons. The van der Waals surface area contributed by atoms with E-state index in [4.69, 9.17) is 35.4 Å². The smallest absolute Gasteiger partial charge is 0.523 e. The first-order valence-corrected chi connectivity index (χ1v) is 25.3. The zero-order valence-electron chi connectivity index (χ0n) is 34.5. The van der Waals surface area contributed by atoms with E-state index >= 15 is 0 Å². The molecule has 0 unspecified atom stereocenters. The van der Waals surface area contributed by atoms with Gasteiger partial charge in [-0.1, -0.05) is 20.8 Å². The van der Waals surface area contributed by atoms with Gasteiger partial charge in [-0.2, -0.15) is 7.82 Å². The Labute approximate surface area is 359 Å². The highest BCUT2D eigenvalue weighted by atomic mass is 32.1. The fraction of sp³-hybridized carbons (Fsp3) is 0.769. The maximum absolute atomic E-state index is 8.84. The first-order valence-electron chi connectivity index (χ1n) is 21.4. The third-order valence-corrected chi connectivity index (χ3v) is 15.8. The van der Waals surface area contributed by atoms with E-state index in [-0.39, 0.29) is 0 Å². The molecule has 20 heteroatoms. The summed E-state index contributed by atoms with van der Waals surface area (Å²) < 4.78 is 8.55. The molecule has 0 radical (unpaired) electrons. The van der Waals surface area contributed by atoms with Crippen molar-refractivity contribution in [2.45, 2.75) is 135 Å². The highest BCUT2D eigenvalue weighted by Crippen LogP contribution is 2.42. The molecule has 0 amide bonds. The van der Waals surface area contributed by atoms with Crippen molar-refractivity contribution in [1.29, 1.82) is 16.2 Å². The van der Waals surface area contributed by atoms with Crippen LogP contribution in [0.1, 0.15) is 110 Å². The summed E-state index contributed by atoms with van der Waals surface area (Å²) in [6.45, 7) is 14.2. The number of fused-ring (bicyclic) bond motifs is 6. The highest BCUT2D eigenvalue weighted by molar-refractivity contribution is 7.40. The van der Waals surface area contributed by atoms with Crippen molar-refractivity contribution in [3.8, 4) is 0 Å². The molecular weight excluding hydrogens is 828 g/mol. The second-order valence-electron chi connectivity index (χ2n) is 16.6. The standard InChI is InChI=1S/3C13H19N4S.H3O4P/c3*1-2-5-17-6-3-4-9-7-10-12(8-11(9)17)18-13(15-10)16-14;1-5(2,3)4/h3*9,11H,2-8H2,1H3;(H3,1,2,3,4)/q3*+1;/p-3/t3*9-,11-;/m000./s1. The van der Waals surface area contributed by atoms with Crippen molar-refractivity contribution in [1.82, 2.24) is 29.7 Å². The molecule has 3 aliphatic carbocycles. The number of hydrogen-bond donors (Lipinski definition) is 0. The van der Waals surface area contributed by atoms with E-state index in [2.05, 4.69) is 65.4 Å². The van der Waals surface area contributed by atoms with Gasteiger partial charge in [0.05, 0.1) is 30.8 Å². The highest BCUT2D eigenvalue weighted by Gasteiger charge is 2.42. The predicted octanol–water partition coefficient (Wildman–Crippen LogP) is 6.83. The average Bonchev–Trinajstić information content (AvgIpc) is 3.94. The van der Waals surface area contributed by atoms with Crippen LogP contribution in [-0.4, -0.2) is 87.0 Å². The van der Waals surface area contributed by atoms with Crippen LogP contribution in [0.25, 0.3) is 14.9 Å². The van der Waals surface area contributed by atoms with Crippen LogP contribution in [0, 0.1) is 33.9 Å². The number of thiazole rings is 3. The predicted molar refractivity (Wildman–Crippen MR) is 226 cm³/mol. The number of aromatic nitrogens is 3. The zero-order valence-corrected chi connectivity index (χ0v) is 37.8. The summed E-state index contributed by atoms with van der Waals surface area (Å²) in [4.78, 5) is 60.6. The number of rotatable bonds is 6. The van der Waals surface area contributed by atoms with Crippen LogP contribution in [0.3, 0.4) is 0 Å². The van der Waals surface area contributed by atoms with Crippen LogP contribution in [-0.2, 0) is 43.1 Å². The summed E-state index contributed by atoms with van der Waals surface area (Å²) in [6, 6.07) is 2.08. The molecule has 6 heterocycles. The third-order valence-electron chi connectivity index (χ3n) is 12.7. The van der Waals surface area contributed by atoms with E-state index < -0.39 is 7.82 Å². The molecule has 0 spiro atoms. The van der Waals surface area contributed by atoms with Gasteiger partial charge in [-0.15, -0.1) is 0 Å². The van der Waals surface area contributed by atoms with E-state index in [1.165, 1.54) is 129 Å². The average molecular weight is 885 g/mol. The van der Waals surface area contributed by atoms with Crippen LogP contribution in [0.4, 0.5) is 15.4 Å². The van der Waals surface area contributed by atoms with Crippen LogP contribution in [0.5, 0.6) is 0 Å². The second kappa shape index (κ2) is 21.3. The molecule has 9 rings (SSSR count).